The summed E-state index contributed by atoms with van der Waals surface area (Å²) in [6.45, 7) is 2.32. The molecule has 0 atom stereocenters. The summed E-state index contributed by atoms with van der Waals surface area (Å²) in [4.78, 5) is 14.1. The van der Waals surface area contributed by atoms with Crippen LogP contribution in [0.3, 0.4) is 0 Å². The van der Waals surface area contributed by atoms with Crippen molar-refractivity contribution in [2.45, 2.75) is 36.6 Å². The molecule has 1 saturated carbocycles. The number of carbonyl (C=O) groups is 1. The minimum atomic E-state index is -3.62. The molecule has 1 aliphatic heterocycles. The molecule has 0 radical (unpaired) electrons. The third-order valence-corrected chi connectivity index (χ3v) is 6.60. The normalized spacial score (nSPS) is 18.7. The molecule has 1 amide bonds. The molecule has 140 valence electrons. The number of hydrogen-bond acceptors (Lipinski definition) is 4. The van der Waals surface area contributed by atoms with Gasteiger partial charge >= 0.3 is 0 Å². The fourth-order valence-corrected chi connectivity index (χ4v) is 4.32. The van der Waals surface area contributed by atoms with Gasteiger partial charge < -0.3 is 10.2 Å². The molecule has 1 N–H and O–H groups in total. The van der Waals surface area contributed by atoms with E-state index >= 15 is 0 Å². The summed E-state index contributed by atoms with van der Waals surface area (Å²) in [5.41, 5.74) is 0. The standard InChI is InChI=1S/C17H23ClN2O3S.ClH/c18-14-3-5-16(6-4-14)24(22,23)12-17(21)20-9-7-15(8-10-20)19-11-13-1-2-13;/h3-6,13,15,19H,1-2,7-12H2;1H. The zero-order chi connectivity index (χ0) is 17.2. The van der Waals surface area contributed by atoms with Crippen molar-refractivity contribution in [3.8, 4) is 0 Å². The number of halogens is 2. The van der Waals surface area contributed by atoms with E-state index in [2.05, 4.69) is 5.32 Å². The second-order valence-electron chi connectivity index (χ2n) is 6.72. The molecule has 0 unspecified atom stereocenters. The first-order valence-corrected chi connectivity index (χ1v) is 10.5. The summed E-state index contributed by atoms with van der Waals surface area (Å²) in [6.07, 6.45) is 4.43. The van der Waals surface area contributed by atoms with Crippen molar-refractivity contribution < 1.29 is 13.2 Å². The van der Waals surface area contributed by atoms with Crippen molar-refractivity contribution in [3.63, 3.8) is 0 Å². The van der Waals surface area contributed by atoms with Crippen molar-refractivity contribution in [1.82, 2.24) is 10.2 Å². The van der Waals surface area contributed by atoms with Crippen molar-refractivity contribution >= 4 is 39.8 Å². The second kappa shape index (κ2) is 8.71. The molecule has 1 heterocycles. The van der Waals surface area contributed by atoms with Gasteiger partial charge in [-0.3, -0.25) is 4.79 Å². The highest BCUT2D eigenvalue weighted by Crippen LogP contribution is 2.28. The Morgan fingerprint density at radius 2 is 1.72 bits per heavy atom. The number of likely N-dealkylation sites (tertiary alicyclic amines) is 1. The maximum absolute atomic E-state index is 12.3. The number of rotatable bonds is 6. The molecular weight excluding hydrogens is 383 g/mol. The van der Waals surface area contributed by atoms with E-state index in [1.54, 1.807) is 4.90 Å². The SMILES string of the molecule is Cl.O=C(CS(=O)(=O)c1ccc(Cl)cc1)N1CCC(NCC2CC2)CC1. The molecule has 5 nitrogen and oxygen atoms in total. The summed E-state index contributed by atoms with van der Waals surface area (Å²) in [5.74, 6) is 0.0502. The largest absolute Gasteiger partial charge is 0.342 e. The van der Waals surface area contributed by atoms with Gasteiger partial charge in [-0.15, -0.1) is 12.4 Å². The van der Waals surface area contributed by atoms with E-state index < -0.39 is 15.6 Å². The number of sulfone groups is 1. The van der Waals surface area contributed by atoms with Crippen molar-refractivity contribution in [2.75, 3.05) is 25.4 Å². The summed E-state index contributed by atoms with van der Waals surface area (Å²) >= 11 is 5.78. The van der Waals surface area contributed by atoms with Crippen molar-refractivity contribution in [2.24, 2.45) is 5.92 Å². The topological polar surface area (TPSA) is 66.5 Å². The molecule has 1 aromatic rings. The van der Waals surface area contributed by atoms with Gasteiger partial charge in [-0.25, -0.2) is 8.42 Å². The molecule has 1 saturated heterocycles. The van der Waals surface area contributed by atoms with Crippen LogP contribution in [0.5, 0.6) is 0 Å². The predicted octanol–water partition coefficient (Wildman–Crippen LogP) is 2.53. The lowest BCUT2D eigenvalue weighted by Crippen LogP contribution is -2.46. The molecular formula is C17H24Cl2N2O3S. The molecule has 25 heavy (non-hydrogen) atoms. The molecule has 8 heteroatoms. The van der Waals surface area contributed by atoms with Crippen LogP contribution < -0.4 is 5.32 Å². The van der Waals surface area contributed by atoms with Gasteiger partial charge in [0, 0.05) is 24.2 Å². The van der Waals surface area contributed by atoms with Crippen LogP contribution in [-0.2, 0) is 14.6 Å². The third-order valence-electron chi connectivity index (χ3n) is 4.73. The van der Waals surface area contributed by atoms with Gasteiger partial charge in [-0.05, 0) is 62.4 Å². The lowest BCUT2D eigenvalue weighted by atomic mass is 10.0. The molecule has 2 fully saturated rings. The first-order valence-electron chi connectivity index (χ1n) is 8.43. The highest BCUT2D eigenvalue weighted by molar-refractivity contribution is 7.92. The van der Waals surface area contributed by atoms with E-state index in [1.165, 1.54) is 37.1 Å². The Balaban J connectivity index is 0.00000225. The molecule has 0 aromatic heterocycles. The summed E-state index contributed by atoms with van der Waals surface area (Å²) < 4.78 is 24.7. The van der Waals surface area contributed by atoms with Gasteiger partial charge in [0.05, 0.1) is 4.90 Å². The molecule has 2 aliphatic rings. The van der Waals surface area contributed by atoms with E-state index in [0.717, 1.165) is 25.3 Å². The third kappa shape index (κ3) is 5.84. The second-order valence-corrected chi connectivity index (χ2v) is 9.15. The summed E-state index contributed by atoms with van der Waals surface area (Å²) in [7, 11) is -3.62. The zero-order valence-corrected chi connectivity index (χ0v) is 16.4. The van der Waals surface area contributed by atoms with Gasteiger partial charge in [-0.2, -0.15) is 0 Å². The Hall–Kier alpha value is -0.820. The van der Waals surface area contributed by atoms with Crippen molar-refractivity contribution in [1.29, 1.82) is 0 Å². The van der Waals surface area contributed by atoms with Crippen LogP contribution in [0.2, 0.25) is 5.02 Å². The molecule has 0 spiro atoms. The Kier molecular flexibility index (Phi) is 7.14. The van der Waals surface area contributed by atoms with Gasteiger partial charge in [-0.1, -0.05) is 11.6 Å². The average Bonchev–Trinajstić information content (AvgIpc) is 3.38. The Morgan fingerprint density at radius 3 is 2.28 bits per heavy atom. The highest BCUT2D eigenvalue weighted by atomic mass is 35.5. The molecule has 0 bridgehead atoms. The van der Waals surface area contributed by atoms with Crippen LogP contribution in [0, 0.1) is 5.92 Å². The molecule has 3 rings (SSSR count). The highest BCUT2D eigenvalue weighted by Gasteiger charge is 2.28. The Bertz CT molecular complexity index is 682. The van der Waals surface area contributed by atoms with E-state index in [9.17, 15) is 13.2 Å². The smallest absolute Gasteiger partial charge is 0.238 e. The summed E-state index contributed by atoms with van der Waals surface area (Å²) in [5, 5.41) is 4.03. The fourth-order valence-electron chi connectivity index (χ4n) is 2.97. The van der Waals surface area contributed by atoms with Crippen LogP contribution in [-0.4, -0.2) is 50.7 Å². The Labute approximate surface area is 160 Å². The number of hydrogen-bond donors (Lipinski definition) is 1. The van der Waals surface area contributed by atoms with Crippen LogP contribution in [0.4, 0.5) is 0 Å². The number of carbonyl (C=O) groups excluding carboxylic acids is 1. The van der Waals surface area contributed by atoms with Crippen LogP contribution >= 0.6 is 24.0 Å². The van der Waals surface area contributed by atoms with Crippen LogP contribution in [0.1, 0.15) is 25.7 Å². The number of benzene rings is 1. The first-order chi connectivity index (χ1) is 11.4. The maximum atomic E-state index is 12.3. The number of amides is 1. The lowest BCUT2D eigenvalue weighted by Gasteiger charge is -2.32. The maximum Gasteiger partial charge on any atom is 0.238 e. The monoisotopic (exact) mass is 406 g/mol. The fraction of sp³-hybridized carbons (Fsp3) is 0.588. The number of nitrogens with zero attached hydrogens (tertiary/aromatic N) is 1. The van der Waals surface area contributed by atoms with E-state index in [1.807, 2.05) is 0 Å². The number of piperidine rings is 1. The van der Waals surface area contributed by atoms with E-state index in [0.29, 0.717) is 24.2 Å². The van der Waals surface area contributed by atoms with Gasteiger partial charge in [0.1, 0.15) is 5.75 Å². The van der Waals surface area contributed by atoms with Crippen LogP contribution in [0.25, 0.3) is 0 Å². The van der Waals surface area contributed by atoms with Gasteiger partial charge in [0.2, 0.25) is 5.91 Å². The minimum Gasteiger partial charge on any atom is -0.342 e. The first kappa shape index (κ1) is 20.5. The van der Waals surface area contributed by atoms with Crippen LogP contribution in [0.15, 0.2) is 29.2 Å². The predicted molar refractivity (Wildman–Crippen MR) is 101 cm³/mol. The van der Waals surface area contributed by atoms with Gasteiger partial charge in [0.25, 0.3) is 0 Å². The van der Waals surface area contributed by atoms with E-state index in [-0.39, 0.29) is 23.2 Å². The quantitative estimate of drug-likeness (QED) is 0.787. The average molecular weight is 407 g/mol. The Morgan fingerprint density at radius 1 is 1.12 bits per heavy atom. The number of nitrogens with one attached hydrogen (secondary N) is 1. The summed E-state index contributed by atoms with van der Waals surface area (Å²) in [6, 6.07) is 6.38. The molecule has 1 aromatic carbocycles. The van der Waals surface area contributed by atoms with E-state index in [4.69, 9.17) is 11.6 Å². The lowest BCUT2D eigenvalue weighted by molar-refractivity contribution is -0.129. The van der Waals surface area contributed by atoms with Gasteiger partial charge in [0.15, 0.2) is 9.84 Å². The minimum absolute atomic E-state index is 0. The van der Waals surface area contributed by atoms with Crippen molar-refractivity contribution in [3.05, 3.63) is 29.3 Å². The molecule has 1 aliphatic carbocycles. The zero-order valence-electron chi connectivity index (χ0n) is 14.0.